The van der Waals surface area contributed by atoms with E-state index in [9.17, 15) is 10.1 Å². The molecule has 0 saturated carbocycles. The molecule has 0 radical (unpaired) electrons. The Balaban J connectivity index is 2.40. The zero-order valence-corrected chi connectivity index (χ0v) is 11.1. The van der Waals surface area contributed by atoms with Gasteiger partial charge in [0.15, 0.2) is 0 Å². The first kappa shape index (κ1) is 14.0. The van der Waals surface area contributed by atoms with Gasteiger partial charge >= 0.3 is 5.69 Å². The predicted molar refractivity (Wildman–Crippen MR) is 74.7 cm³/mol. The van der Waals surface area contributed by atoms with Crippen LogP contribution in [-0.4, -0.2) is 9.91 Å². The van der Waals surface area contributed by atoms with Gasteiger partial charge in [-0.25, -0.2) is 4.98 Å². The summed E-state index contributed by atoms with van der Waals surface area (Å²) in [6.45, 7) is 2.19. The fourth-order valence-electron chi connectivity index (χ4n) is 1.79. The highest BCUT2D eigenvalue weighted by molar-refractivity contribution is 5.50. The third kappa shape index (κ3) is 2.92. The molecule has 0 bridgehead atoms. The van der Waals surface area contributed by atoms with Crippen LogP contribution in [0.1, 0.15) is 18.1 Å². The van der Waals surface area contributed by atoms with E-state index in [2.05, 4.69) is 4.98 Å². The van der Waals surface area contributed by atoms with E-state index in [1.807, 2.05) is 6.92 Å². The lowest BCUT2D eigenvalue weighted by molar-refractivity contribution is -0.385. The molecule has 2 rings (SSSR count). The largest absolute Gasteiger partial charge is 0.431 e. The molecule has 0 aliphatic rings. The monoisotopic (exact) mass is 273 g/mol. The van der Waals surface area contributed by atoms with Crippen molar-refractivity contribution in [2.24, 2.45) is 5.73 Å². The SMILES string of the molecule is CCc1ccc(Oc2ncccc2CN)c([N+](=O)[O-])c1. The Bertz CT molecular complexity index is 629. The van der Waals surface area contributed by atoms with Crippen molar-refractivity contribution in [3.8, 4) is 11.6 Å². The van der Waals surface area contributed by atoms with Crippen LogP contribution in [0.15, 0.2) is 36.5 Å². The summed E-state index contributed by atoms with van der Waals surface area (Å²) >= 11 is 0. The smallest absolute Gasteiger partial charge is 0.311 e. The quantitative estimate of drug-likeness (QED) is 0.668. The van der Waals surface area contributed by atoms with Gasteiger partial charge in [-0.05, 0) is 24.1 Å². The van der Waals surface area contributed by atoms with E-state index in [0.717, 1.165) is 12.0 Å². The van der Waals surface area contributed by atoms with Crippen LogP contribution < -0.4 is 10.5 Å². The number of nitro benzene ring substituents is 1. The van der Waals surface area contributed by atoms with E-state index in [0.29, 0.717) is 11.4 Å². The maximum Gasteiger partial charge on any atom is 0.311 e. The molecule has 0 aliphatic heterocycles. The standard InChI is InChI=1S/C14H15N3O3/c1-2-10-5-6-13(12(8-10)17(18)19)20-14-11(9-15)4-3-7-16-14/h3-8H,2,9,15H2,1H3. The molecule has 2 aromatic rings. The molecule has 6 nitrogen and oxygen atoms in total. The number of ether oxygens (including phenoxy) is 1. The second kappa shape index (κ2) is 6.12. The summed E-state index contributed by atoms with van der Waals surface area (Å²) in [5.74, 6) is 0.461. The van der Waals surface area contributed by atoms with Crippen LogP contribution in [-0.2, 0) is 13.0 Å². The van der Waals surface area contributed by atoms with Crippen molar-refractivity contribution in [1.82, 2.24) is 4.98 Å². The lowest BCUT2D eigenvalue weighted by atomic mass is 10.1. The molecule has 0 aliphatic carbocycles. The minimum absolute atomic E-state index is 0.0713. The number of aromatic nitrogens is 1. The molecule has 6 heteroatoms. The first-order chi connectivity index (χ1) is 9.65. The lowest BCUT2D eigenvalue weighted by Gasteiger charge is -2.09. The fourth-order valence-corrected chi connectivity index (χ4v) is 1.79. The van der Waals surface area contributed by atoms with Gasteiger partial charge in [0.05, 0.1) is 4.92 Å². The number of nitrogens with zero attached hydrogens (tertiary/aromatic N) is 2. The first-order valence-corrected chi connectivity index (χ1v) is 6.24. The summed E-state index contributed by atoms with van der Waals surface area (Å²) in [4.78, 5) is 14.7. The third-order valence-corrected chi connectivity index (χ3v) is 2.90. The van der Waals surface area contributed by atoms with Crippen LogP contribution >= 0.6 is 0 Å². The summed E-state index contributed by atoms with van der Waals surface area (Å²) in [5.41, 5.74) is 7.10. The van der Waals surface area contributed by atoms with Gasteiger partial charge < -0.3 is 10.5 Å². The Morgan fingerprint density at radius 2 is 2.20 bits per heavy atom. The van der Waals surface area contributed by atoms with E-state index in [4.69, 9.17) is 10.5 Å². The number of hydrogen-bond donors (Lipinski definition) is 1. The second-order valence-corrected chi connectivity index (χ2v) is 4.19. The molecular formula is C14H15N3O3. The van der Waals surface area contributed by atoms with Crippen molar-refractivity contribution in [2.75, 3.05) is 0 Å². The number of pyridine rings is 1. The minimum Gasteiger partial charge on any atom is -0.431 e. The van der Waals surface area contributed by atoms with Crippen molar-refractivity contribution in [3.05, 3.63) is 57.8 Å². The average molecular weight is 273 g/mol. The summed E-state index contributed by atoms with van der Waals surface area (Å²) in [7, 11) is 0. The van der Waals surface area contributed by atoms with E-state index in [-0.39, 0.29) is 18.0 Å². The molecule has 0 amide bonds. The van der Waals surface area contributed by atoms with E-state index in [1.165, 1.54) is 6.07 Å². The Kier molecular flexibility index (Phi) is 4.27. The Hall–Kier alpha value is -2.47. The molecule has 0 spiro atoms. The van der Waals surface area contributed by atoms with Gasteiger partial charge in [-0.1, -0.05) is 19.1 Å². The Morgan fingerprint density at radius 1 is 1.40 bits per heavy atom. The van der Waals surface area contributed by atoms with Crippen molar-refractivity contribution in [1.29, 1.82) is 0 Å². The van der Waals surface area contributed by atoms with Crippen LogP contribution in [0.3, 0.4) is 0 Å². The maximum atomic E-state index is 11.1. The van der Waals surface area contributed by atoms with E-state index >= 15 is 0 Å². The average Bonchev–Trinajstić information content (AvgIpc) is 2.48. The molecule has 1 aromatic carbocycles. The molecule has 104 valence electrons. The van der Waals surface area contributed by atoms with Crippen LogP contribution in [0.2, 0.25) is 0 Å². The van der Waals surface area contributed by atoms with Gasteiger partial charge in [-0.15, -0.1) is 0 Å². The van der Waals surface area contributed by atoms with Gasteiger partial charge in [0.1, 0.15) is 0 Å². The second-order valence-electron chi connectivity index (χ2n) is 4.19. The number of nitrogens with two attached hydrogens (primary N) is 1. The van der Waals surface area contributed by atoms with E-state index in [1.54, 1.807) is 30.5 Å². The number of rotatable bonds is 5. The maximum absolute atomic E-state index is 11.1. The zero-order valence-electron chi connectivity index (χ0n) is 11.1. The highest BCUT2D eigenvalue weighted by Crippen LogP contribution is 2.32. The Morgan fingerprint density at radius 3 is 2.85 bits per heavy atom. The third-order valence-electron chi connectivity index (χ3n) is 2.90. The molecule has 0 saturated heterocycles. The van der Waals surface area contributed by atoms with Gasteiger partial charge in [-0.2, -0.15) is 0 Å². The van der Waals surface area contributed by atoms with Crippen LogP contribution in [0.5, 0.6) is 11.6 Å². The molecule has 1 heterocycles. The van der Waals surface area contributed by atoms with Crippen molar-refractivity contribution in [3.63, 3.8) is 0 Å². The van der Waals surface area contributed by atoms with Gasteiger partial charge in [0.2, 0.25) is 11.6 Å². The summed E-state index contributed by atoms with van der Waals surface area (Å²) < 4.78 is 5.56. The molecular weight excluding hydrogens is 258 g/mol. The van der Waals surface area contributed by atoms with E-state index < -0.39 is 4.92 Å². The lowest BCUT2D eigenvalue weighted by Crippen LogP contribution is -2.02. The van der Waals surface area contributed by atoms with Gasteiger partial charge in [-0.3, -0.25) is 10.1 Å². The van der Waals surface area contributed by atoms with Crippen molar-refractivity contribution >= 4 is 5.69 Å². The van der Waals surface area contributed by atoms with Crippen LogP contribution in [0, 0.1) is 10.1 Å². The minimum atomic E-state index is -0.459. The Labute approximate surface area is 116 Å². The molecule has 1 aromatic heterocycles. The van der Waals surface area contributed by atoms with Gasteiger partial charge in [0, 0.05) is 24.4 Å². The van der Waals surface area contributed by atoms with Crippen molar-refractivity contribution in [2.45, 2.75) is 19.9 Å². The number of hydrogen-bond acceptors (Lipinski definition) is 5. The topological polar surface area (TPSA) is 91.3 Å². The predicted octanol–water partition coefficient (Wildman–Crippen LogP) is 2.80. The molecule has 0 atom stereocenters. The summed E-state index contributed by atoms with van der Waals surface area (Å²) in [6.07, 6.45) is 2.28. The summed E-state index contributed by atoms with van der Waals surface area (Å²) in [6, 6.07) is 8.41. The normalized spacial score (nSPS) is 10.3. The zero-order chi connectivity index (χ0) is 14.5. The first-order valence-electron chi connectivity index (χ1n) is 6.24. The molecule has 0 unspecified atom stereocenters. The number of nitro groups is 1. The van der Waals surface area contributed by atoms with Crippen LogP contribution in [0.4, 0.5) is 5.69 Å². The van der Waals surface area contributed by atoms with Crippen LogP contribution in [0.25, 0.3) is 0 Å². The number of aryl methyl sites for hydroxylation is 1. The highest BCUT2D eigenvalue weighted by atomic mass is 16.6. The fraction of sp³-hybridized carbons (Fsp3) is 0.214. The molecule has 20 heavy (non-hydrogen) atoms. The molecule has 0 fully saturated rings. The number of benzene rings is 1. The molecule has 2 N–H and O–H groups in total. The highest BCUT2D eigenvalue weighted by Gasteiger charge is 2.17. The van der Waals surface area contributed by atoms with Gasteiger partial charge in [0.25, 0.3) is 0 Å². The summed E-state index contributed by atoms with van der Waals surface area (Å²) in [5, 5.41) is 11.1. The van der Waals surface area contributed by atoms with Crippen molar-refractivity contribution < 1.29 is 9.66 Å².